The molecule has 0 aromatic carbocycles. The number of nitrogens with two attached hydrogens (primary N) is 2. The molecule has 0 heterocycles. The van der Waals surface area contributed by atoms with Crippen LogP contribution in [0.5, 0.6) is 0 Å². The van der Waals surface area contributed by atoms with Crippen molar-refractivity contribution in [3.05, 3.63) is 0 Å². The zero-order valence-electron chi connectivity index (χ0n) is 7.37. The van der Waals surface area contributed by atoms with Gasteiger partial charge in [0, 0.05) is 6.42 Å². The highest BCUT2D eigenvalue weighted by Gasteiger charge is 2.21. The monoisotopic (exact) mass is 194 g/mol. The second-order valence-corrected chi connectivity index (χ2v) is 3.06. The minimum atomic E-state index is -1.02. The summed E-state index contributed by atoms with van der Waals surface area (Å²) < 4.78 is 0. The Morgan fingerprint density at radius 2 is 1.15 bits per heavy atom. The minimum Gasteiger partial charge on any atom is -0.395 e. The van der Waals surface area contributed by atoms with Crippen LogP contribution in [-0.2, 0) is 0 Å². The van der Waals surface area contributed by atoms with E-state index in [-0.39, 0.29) is 19.6 Å². The number of rotatable bonds is 6. The van der Waals surface area contributed by atoms with E-state index < -0.39 is 24.3 Å². The maximum absolute atomic E-state index is 9.25. The third-order valence-corrected chi connectivity index (χ3v) is 1.89. The van der Waals surface area contributed by atoms with Gasteiger partial charge in [0.15, 0.2) is 0 Å². The molecule has 0 saturated heterocycles. The first kappa shape index (κ1) is 12.8. The van der Waals surface area contributed by atoms with E-state index in [4.69, 9.17) is 21.7 Å². The predicted molar refractivity (Wildman–Crippen MR) is 46.8 cm³/mol. The second kappa shape index (κ2) is 6.25. The molecule has 80 valence electrons. The zero-order valence-corrected chi connectivity index (χ0v) is 7.37. The normalized spacial score (nSPS) is 20.8. The van der Waals surface area contributed by atoms with E-state index in [0.717, 1.165) is 0 Å². The van der Waals surface area contributed by atoms with Gasteiger partial charge >= 0.3 is 0 Å². The first-order chi connectivity index (χ1) is 6.02. The minimum absolute atomic E-state index is 0.0521. The molecule has 0 aromatic heterocycles. The molecule has 0 aliphatic carbocycles. The molecular weight excluding hydrogens is 176 g/mol. The fourth-order valence-corrected chi connectivity index (χ4v) is 0.840. The lowest BCUT2D eigenvalue weighted by molar-refractivity contribution is 0.0302. The Labute approximate surface area is 76.8 Å². The fraction of sp³-hybridized carbons (Fsp3) is 1.00. The van der Waals surface area contributed by atoms with E-state index in [1.54, 1.807) is 0 Å². The van der Waals surface area contributed by atoms with Crippen LogP contribution < -0.4 is 11.5 Å². The maximum Gasteiger partial charge on any atom is 0.0738 e. The van der Waals surface area contributed by atoms with Crippen molar-refractivity contribution in [1.82, 2.24) is 0 Å². The number of aliphatic hydroxyl groups is 4. The molecule has 6 heteroatoms. The first-order valence-corrected chi connectivity index (χ1v) is 4.12. The van der Waals surface area contributed by atoms with E-state index in [2.05, 4.69) is 0 Å². The SMILES string of the molecule is N[C@H](CO)[C@H](O)C[C@H](O)[C@@H](N)CO. The smallest absolute Gasteiger partial charge is 0.0738 e. The highest BCUT2D eigenvalue weighted by Crippen LogP contribution is 2.04. The highest BCUT2D eigenvalue weighted by molar-refractivity contribution is 4.79. The Kier molecular flexibility index (Phi) is 6.13. The molecular formula is C7H18N2O4. The van der Waals surface area contributed by atoms with E-state index in [0.29, 0.717) is 0 Å². The predicted octanol–water partition coefficient (Wildman–Crippen LogP) is -3.26. The van der Waals surface area contributed by atoms with Gasteiger partial charge in [-0.2, -0.15) is 0 Å². The van der Waals surface area contributed by atoms with Gasteiger partial charge in [0.1, 0.15) is 0 Å². The van der Waals surface area contributed by atoms with Crippen LogP contribution in [0.15, 0.2) is 0 Å². The summed E-state index contributed by atoms with van der Waals surface area (Å²) in [6.45, 7) is -0.718. The molecule has 0 amide bonds. The average molecular weight is 194 g/mol. The summed E-state index contributed by atoms with van der Waals surface area (Å²) in [4.78, 5) is 0. The Bertz CT molecular complexity index is 122. The van der Waals surface area contributed by atoms with Gasteiger partial charge in [-0.05, 0) is 0 Å². The van der Waals surface area contributed by atoms with Crippen LogP contribution in [0.4, 0.5) is 0 Å². The molecule has 0 rings (SSSR count). The molecule has 6 nitrogen and oxygen atoms in total. The summed E-state index contributed by atoms with van der Waals surface area (Å²) in [5, 5.41) is 35.6. The second-order valence-electron chi connectivity index (χ2n) is 3.06. The summed E-state index contributed by atoms with van der Waals surface area (Å²) >= 11 is 0. The molecule has 0 aliphatic rings. The number of hydrogen-bond acceptors (Lipinski definition) is 6. The summed E-state index contributed by atoms with van der Waals surface area (Å²) in [6, 6.07) is -1.58. The molecule has 4 atom stereocenters. The van der Waals surface area contributed by atoms with Crippen molar-refractivity contribution >= 4 is 0 Å². The van der Waals surface area contributed by atoms with Crippen molar-refractivity contribution in [3.8, 4) is 0 Å². The molecule has 13 heavy (non-hydrogen) atoms. The van der Waals surface area contributed by atoms with E-state index in [1.165, 1.54) is 0 Å². The Balaban J connectivity index is 3.83. The maximum atomic E-state index is 9.25. The standard InChI is InChI=1S/C7H18N2O4/c8-4(2-10)6(12)1-7(13)5(9)3-11/h4-7,10-13H,1-3,8-9H2/t4-,5+,6-,7+. The Morgan fingerprint density at radius 3 is 1.38 bits per heavy atom. The van der Waals surface area contributed by atoms with Crippen LogP contribution in [0.2, 0.25) is 0 Å². The van der Waals surface area contributed by atoms with Crippen LogP contribution in [-0.4, -0.2) is 57.9 Å². The summed E-state index contributed by atoms with van der Waals surface area (Å²) in [6.07, 6.45) is -2.08. The molecule has 8 N–H and O–H groups in total. The van der Waals surface area contributed by atoms with Crippen molar-refractivity contribution in [3.63, 3.8) is 0 Å². The average Bonchev–Trinajstić information content (AvgIpc) is 2.14. The third-order valence-electron chi connectivity index (χ3n) is 1.89. The Morgan fingerprint density at radius 1 is 0.846 bits per heavy atom. The van der Waals surface area contributed by atoms with Gasteiger partial charge in [-0.1, -0.05) is 0 Å². The largest absolute Gasteiger partial charge is 0.395 e. The Hall–Kier alpha value is -0.240. The van der Waals surface area contributed by atoms with Crippen LogP contribution in [0, 0.1) is 0 Å². The lowest BCUT2D eigenvalue weighted by Gasteiger charge is -2.22. The van der Waals surface area contributed by atoms with E-state index in [9.17, 15) is 10.2 Å². The van der Waals surface area contributed by atoms with Gasteiger partial charge in [0.2, 0.25) is 0 Å². The van der Waals surface area contributed by atoms with Gasteiger partial charge in [0.05, 0.1) is 37.5 Å². The quantitative estimate of drug-likeness (QED) is 0.263. The topological polar surface area (TPSA) is 133 Å². The highest BCUT2D eigenvalue weighted by atomic mass is 16.3. The first-order valence-electron chi connectivity index (χ1n) is 4.12. The molecule has 0 unspecified atom stereocenters. The van der Waals surface area contributed by atoms with E-state index in [1.807, 2.05) is 0 Å². The molecule has 0 radical (unpaired) electrons. The summed E-state index contributed by atoms with van der Waals surface area (Å²) in [5.74, 6) is 0. The van der Waals surface area contributed by atoms with Gasteiger partial charge in [-0.25, -0.2) is 0 Å². The number of hydrogen-bond donors (Lipinski definition) is 6. The molecule has 0 spiro atoms. The molecule has 0 aromatic rings. The summed E-state index contributed by atoms with van der Waals surface area (Å²) in [5.41, 5.74) is 10.6. The van der Waals surface area contributed by atoms with Crippen LogP contribution >= 0.6 is 0 Å². The van der Waals surface area contributed by atoms with Crippen LogP contribution in [0.25, 0.3) is 0 Å². The van der Waals surface area contributed by atoms with Crippen molar-refractivity contribution in [2.75, 3.05) is 13.2 Å². The van der Waals surface area contributed by atoms with Gasteiger partial charge in [-0.15, -0.1) is 0 Å². The fourth-order valence-electron chi connectivity index (χ4n) is 0.840. The van der Waals surface area contributed by atoms with Gasteiger partial charge < -0.3 is 31.9 Å². The lowest BCUT2D eigenvalue weighted by atomic mass is 10.0. The van der Waals surface area contributed by atoms with Crippen LogP contribution in [0.1, 0.15) is 6.42 Å². The molecule has 0 bridgehead atoms. The van der Waals surface area contributed by atoms with Gasteiger partial charge in [0.25, 0.3) is 0 Å². The molecule has 0 aliphatic heterocycles. The summed E-state index contributed by atoms with van der Waals surface area (Å²) in [7, 11) is 0. The van der Waals surface area contributed by atoms with Crippen LogP contribution in [0.3, 0.4) is 0 Å². The zero-order chi connectivity index (χ0) is 10.4. The third kappa shape index (κ3) is 4.51. The van der Waals surface area contributed by atoms with Crippen molar-refractivity contribution in [1.29, 1.82) is 0 Å². The van der Waals surface area contributed by atoms with E-state index >= 15 is 0 Å². The van der Waals surface area contributed by atoms with Crippen molar-refractivity contribution in [2.45, 2.75) is 30.7 Å². The number of aliphatic hydroxyl groups excluding tert-OH is 4. The molecule has 0 saturated carbocycles. The van der Waals surface area contributed by atoms with Crippen molar-refractivity contribution < 1.29 is 20.4 Å². The van der Waals surface area contributed by atoms with Gasteiger partial charge in [-0.3, -0.25) is 0 Å². The lowest BCUT2D eigenvalue weighted by Crippen LogP contribution is -2.45. The van der Waals surface area contributed by atoms with Crippen molar-refractivity contribution in [2.24, 2.45) is 11.5 Å². The molecule has 0 fully saturated rings.